The van der Waals surface area contributed by atoms with Gasteiger partial charge in [-0.15, -0.1) is 0 Å². The number of alkyl halides is 3. The minimum atomic E-state index is -4.38. The van der Waals surface area contributed by atoms with Gasteiger partial charge in [0.2, 0.25) is 5.91 Å². The van der Waals surface area contributed by atoms with E-state index >= 15 is 0 Å². The highest BCUT2D eigenvalue weighted by atomic mass is 19.4. The van der Waals surface area contributed by atoms with E-state index in [1.54, 1.807) is 25.7 Å². The highest BCUT2D eigenvalue weighted by Crippen LogP contribution is 2.29. The lowest BCUT2D eigenvalue weighted by Gasteiger charge is -2.34. The SMILES string of the molecule is Cc1nn(CC(F)(F)F)c(C)c1C(C)C(=O)N1CCCC(CCC(=O)O)C1. The van der Waals surface area contributed by atoms with Gasteiger partial charge in [-0.05, 0) is 46.0 Å². The summed E-state index contributed by atoms with van der Waals surface area (Å²) >= 11 is 0. The first-order chi connectivity index (χ1) is 12.5. The molecule has 6 nitrogen and oxygen atoms in total. The molecular formula is C18H26F3N3O3. The Morgan fingerprint density at radius 1 is 1.33 bits per heavy atom. The van der Waals surface area contributed by atoms with Crippen LogP contribution in [0.15, 0.2) is 0 Å². The number of nitrogens with zero attached hydrogens (tertiary/aromatic N) is 3. The highest BCUT2D eigenvalue weighted by Gasteiger charge is 2.33. The van der Waals surface area contributed by atoms with Gasteiger partial charge in [-0.3, -0.25) is 14.3 Å². The number of carbonyl (C=O) groups is 2. The Labute approximate surface area is 156 Å². The molecule has 1 fully saturated rings. The number of hydrogen-bond donors (Lipinski definition) is 1. The van der Waals surface area contributed by atoms with Crippen LogP contribution in [0.2, 0.25) is 0 Å². The zero-order valence-electron chi connectivity index (χ0n) is 15.8. The van der Waals surface area contributed by atoms with Gasteiger partial charge in [0.1, 0.15) is 6.54 Å². The Hall–Kier alpha value is -2.06. The first-order valence-corrected chi connectivity index (χ1v) is 9.10. The molecule has 0 bridgehead atoms. The van der Waals surface area contributed by atoms with Gasteiger partial charge in [0, 0.05) is 30.8 Å². The van der Waals surface area contributed by atoms with Crippen molar-refractivity contribution in [2.75, 3.05) is 13.1 Å². The molecule has 152 valence electrons. The number of carboxylic acids is 1. The summed E-state index contributed by atoms with van der Waals surface area (Å²) in [7, 11) is 0. The van der Waals surface area contributed by atoms with Crippen molar-refractivity contribution >= 4 is 11.9 Å². The highest BCUT2D eigenvalue weighted by molar-refractivity contribution is 5.84. The van der Waals surface area contributed by atoms with Crippen LogP contribution in [0.4, 0.5) is 13.2 Å². The number of carbonyl (C=O) groups excluding carboxylic acids is 1. The molecule has 1 amide bonds. The van der Waals surface area contributed by atoms with E-state index in [-0.39, 0.29) is 18.2 Å². The Morgan fingerprint density at radius 3 is 2.59 bits per heavy atom. The molecule has 2 rings (SSSR count). The monoisotopic (exact) mass is 389 g/mol. The summed E-state index contributed by atoms with van der Waals surface area (Å²) in [6, 6.07) is 0. The van der Waals surface area contributed by atoms with Crippen LogP contribution in [0.3, 0.4) is 0 Å². The quantitative estimate of drug-likeness (QED) is 0.810. The molecule has 0 aliphatic carbocycles. The molecule has 0 aromatic carbocycles. The van der Waals surface area contributed by atoms with E-state index in [2.05, 4.69) is 5.10 Å². The summed E-state index contributed by atoms with van der Waals surface area (Å²) in [6.07, 6.45) is -2.10. The molecule has 0 saturated carbocycles. The van der Waals surface area contributed by atoms with Gasteiger partial charge < -0.3 is 10.0 Å². The normalized spacial score (nSPS) is 19.2. The molecule has 1 N–H and O–H groups in total. The summed E-state index contributed by atoms with van der Waals surface area (Å²) in [6.45, 7) is 4.76. The van der Waals surface area contributed by atoms with Crippen LogP contribution in [0.5, 0.6) is 0 Å². The van der Waals surface area contributed by atoms with Crippen LogP contribution < -0.4 is 0 Å². The minimum absolute atomic E-state index is 0.0741. The van der Waals surface area contributed by atoms with E-state index in [1.807, 2.05) is 0 Å². The van der Waals surface area contributed by atoms with E-state index in [4.69, 9.17) is 5.11 Å². The van der Waals surface area contributed by atoms with E-state index in [0.29, 0.717) is 36.5 Å². The first-order valence-electron chi connectivity index (χ1n) is 9.10. The lowest BCUT2D eigenvalue weighted by Crippen LogP contribution is -2.42. The zero-order chi connectivity index (χ0) is 20.4. The van der Waals surface area contributed by atoms with Crippen molar-refractivity contribution in [2.45, 2.75) is 65.1 Å². The van der Waals surface area contributed by atoms with E-state index < -0.39 is 24.6 Å². The van der Waals surface area contributed by atoms with E-state index in [0.717, 1.165) is 17.5 Å². The van der Waals surface area contributed by atoms with Crippen molar-refractivity contribution in [2.24, 2.45) is 5.92 Å². The molecular weight excluding hydrogens is 363 g/mol. The Kier molecular flexibility index (Phi) is 6.54. The maximum absolute atomic E-state index is 12.9. The molecule has 0 radical (unpaired) electrons. The summed E-state index contributed by atoms with van der Waals surface area (Å²) < 4.78 is 39.0. The summed E-state index contributed by atoms with van der Waals surface area (Å²) in [5.41, 5.74) is 1.32. The van der Waals surface area contributed by atoms with Gasteiger partial charge in [0.05, 0.1) is 11.6 Å². The molecule has 2 unspecified atom stereocenters. The Bertz CT molecular complexity index is 700. The second-order valence-corrected chi connectivity index (χ2v) is 7.30. The zero-order valence-corrected chi connectivity index (χ0v) is 15.8. The van der Waals surface area contributed by atoms with Crippen LogP contribution >= 0.6 is 0 Å². The fraction of sp³-hybridized carbons (Fsp3) is 0.722. The number of aryl methyl sites for hydroxylation is 1. The van der Waals surface area contributed by atoms with Gasteiger partial charge in [0.25, 0.3) is 0 Å². The van der Waals surface area contributed by atoms with E-state index in [9.17, 15) is 22.8 Å². The number of rotatable bonds is 6. The maximum Gasteiger partial charge on any atom is 0.408 e. The number of likely N-dealkylation sites (tertiary alicyclic amines) is 1. The summed E-state index contributed by atoms with van der Waals surface area (Å²) in [4.78, 5) is 25.4. The molecule has 2 atom stereocenters. The summed E-state index contributed by atoms with van der Waals surface area (Å²) in [5.74, 6) is -1.45. The number of piperidine rings is 1. The molecule has 27 heavy (non-hydrogen) atoms. The van der Waals surface area contributed by atoms with Crippen LogP contribution in [0.1, 0.15) is 55.5 Å². The average molecular weight is 389 g/mol. The molecule has 1 aliphatic rings. The van der Waals surface area contributed by atoms with Crippen LogP contribution in [0, 0.1) is 19.8 Å². The van der Waals surface area contributed by atoms with Crippen LogP contribution in [-0.4, -0.2) is 50.9 Å². The standard InChI is InChI=1S/C18H26F3N3O3/c1-11(16-12(2)22-24(13(16)3)10-18(19,20)21)17(27)23-8-4-5-14(9-23)6-7-15(25)26/h11,14H,4-10H2,1-3H3,(H,25,26). The maximum atomic E-state index is 12.9. The third-order valence-electron chi connectivity index (χ3n) is 5.17. The number of carboxylic acid groups (broad SMARTS) is 1. The molecule has 0 spiro atoms. The fourth-order valence-electron chi connectivity index (χ4n) is 3.89. The van der Waals surface area contributed by atoms with Crippen LogP contribution in [0.25, 0.3) is 0 Å². The van der Waals surface area contributed by atoms with Gasteiger partial charge in [0.15, 0.2) is 0 Å². The molecule has 1 aliphatic heterocycles. The van der Waals surface area contributed by atoms with Crippen molar-refractivity contribution < 1.29 is 27.9 Å². The third-order valence-corrected chi connectivity index (χ3v) is 5.17. The second kappa shape index (κ2) is 8.31. The number of halogens is 3. The molecule has 1 aromatic heterocycles. The second-order valence-electron chi connectivity index (χ2n) is 7.30. The predicted molar refractivity (Wildman–Crippen MR) is 92.3 cm³/mol. The van der Waals surface area contributed by atoms with Crippen molar-refractivity contribution in [1.29, 1.82) is 0 Å². The smallest absolute Gasteiger partial charge is 0.408 e. The molecule has 2 heterocycles. The van der Waals surface area contributed by atoms with Gasteiger partial charge in [-0.25, -0.2) is 0 Å². The topological polar surface area (TPSA) is 75.4 Å². The average Bonchev–Trinajstić information content (AvgIpc) is 2.84. The van der Waals surface area contributed by atoms with Gasteiger partial charge >= 0.3 is 12.1 Å². The van der Waals surface area contributed by atoms with Gasteiger partial charge in [-0.1, -0.05) is 0 Å². The van der Waals surface area contributed by atoms with Crippen molar-refractivity contribution in [3.05, 3.63) is 17.0 Å². The van der Waals surface area contributed by atoms with Crippen molar-refractivity contribution in [1.82, 2.24) is 14.7 Å². The predicted octanol–water partition coefficient (Wildman–Crippen LogP) is 3.27. The Balaban J connectivity index is 2.11. The Morgan fingerprint density at radius 2 is 2.00 bits per heavy atom. The van der Waals surface area contributed by atoms with Gasteiger partial charge in [-0.2, -0.15) is 18.3 Å². The minimum Gasteiger partial charge on any atom is -0.481 e. The van der Waals surface area contributed by atoms with Crippen molar-refractivity contribution in [3.63, 3.8) is 0 Å². The van der Waals surface area contributed by atoms with Crippen molar-refractivity contribution in [3.8, 4) is 0 Å². The number of aliphatic carboxylic acids is 1. The molecule has 1 saturated heterocycles. The third kappa shape index (κ3) is 5.46. The largest absolute Gasteiger partial charge is 0.481 e. The lowest BCUT2D eigenvalue weighted by molar-refractivity contribution is -0.143. The number of hydrogen-bond acceptors (Lipinski definition) is 3. The van der Waals surface area contributed by atoms with E-state index in [1.165, 1.54) is 0 Å². The number of aromatic nitrogens is 2. The lowest BCUT2D eigenvalue weighted by atomic mass is 9.91. The number of amides is 1. The van der Waals surface area contributed by atoms with Crippen LogP contribution in [-0.2, 0) is 16.1 Å². The fourth-order valence-corrected chi connectivity index (χ4v) is 3.89. The first kappa shape index (κ1) is 21.2. The summed E-state index contributed by atoms with van der Waals surface area (Å²) in [5, 5.41) is 12.8. The molecule has 9 heteroatoms. The molecule has 1 aromatic rings.